The summed E-state index contributed by atoms with van der Waals surface area (Å²) in [5.41, 5.74) is 5.35. The third kappa shape index (κ3) is 2.85. The summed E-state index contributed by atoms with van der Waals surface area (Å²) in [6, 6.07) is 1.12. The molecule has 0 spiro atoms. The largest absolute Gasteiger partial charge is 0.480 e. The third-order valence-electron chi connectivity index (χ3n) is 1.87. The van der Waals surface area contributed by atoms with Crippen molar-refractivity contribution in [3.05, 3.63) is 32.9 Å². The number of rotatable bonds is 3. The first kappa shape index (κ1) is 12.3. The summed E-state index contributed by atoms with van der Waals surface area (Å²) >= 11 is 1.52. The Hall–Kier alpha value is -0.760. The van der Waals surface area contributed by atoms with E-state index < -0.39 is 23.6 Å². The molecule has 0 bridgehead atoms. The molecule has 15 heavy (non-hydrogen) atoms. The first-order valence-electron chi connectivity index (χ1n) is 4.04. The molecule has 6 heteroatoms. The van der Waals surface area contributed by atoms with E-state index in [1.165, 1.54) is 28.7 Å². The molecule has 1 atom stereocenters. The van der Waals surface area contributed by atoms with Gasteiger partial charge < -0.3 is 10.8 Å². The molecule has 0 aliphatic carbocycles. The molecule has 0 aromatic heterocycles. The fraction of sp³-hybridized carbons (Fsp3) is 0.222. The van der Waals surface area contributed by atoms with Gasteiger partial charge in [0.15, 0.2) is 0 Å². The molecule has 82 valence electrons. The molecule has 0 saturated carbocycles. The Bertz CT molecular complexity index is 398. The van der Waals surface area contributed by atoms with Crippen LogP contribution in [0, 0.1) is 15.2 Å². The topological polar surface area (TPSA) is 63.3 Å². The van der Waals surface area contributed by atoms with E-state index in [0.717, 1.165) is 6.07 Å². The van der Waals surface area contributed by atoms with E-state index in [-0.39, 0.29) is 15.6 Å². The Morgan fingerprint density at radius 2 is 2.13 bits per heavy atom. The van der Waals surface area contributed by atoms with Gasteiger partial charge in [-0.1, -0.05) is 6.07 Å². The lowest BCUT2D eigenvalue weighted by molar-refractivity contribution is -0.138. The summed E-state index contributed by atoms with van der Waals surface area (Å²) in [7, 11) is 0. The van der Waals surface area contributed by atoms with E-state index in [2.05, 4.69) is 0 Å². The van der Waals surface area contributed by atoms with Crippen molar-refractivity contribution in [1.82, 2.24) is 0 Å². The normalized spacial score (nSPS) is 12.5. The zero-order valence-electron chi connectivity index (χ0n) is 7.51. The van der Waals surface area contributed by atoms with Crippen LogP contribution in [-0.4, -0.2) is 17.1 Å². The van der Waals surface area contributed by atoms with Crippen LogP contribution in [0.5, 0.6) is 0 Å². The van der Waals surface area contributed by atoms with Crippen LogP contribution >= 0.6 is 22.6 Å². The molecule has 0 saturated heterocycles. The van der Waals surface area contributed by atoms with E-state index in [0.29, 0.717) is 0 Å². The fourth-order valence-corrected chi connectivity index (χ4v) is 1.57. The molecule has 0 amide bonds. The second kappa shape index (κ2) is 4.84. The Morgan fingerprint density at radius 3 is 2.67 bits per heavy atom. The number of carboxylic acids is 1. The molecule has 0 aliphatic heterocycles. The molecule has 1 rings (SSSR count). The summed E-state index contributed by atoms with van der Waals surface area (Å²) < 4.78 is 26.1. The number of nitrogens with two attached hydrogens (primary N) is 1. The Kier molecular flexibility index (Phi) is 3.97. The van der Waals surface area contributed by atoms with Crippen molar-refractivity contribution in [1.29, 1.82) is 0 Å². The van der Waals surface area contributed by atoms with Gasteiger partial charge in [-0.25, -0.2) is 8.78 Å². The van der Waals surface area contributed by atoms with Crippen molar-refractivity contribution >= 4 is 28.6 Å². The smallest absolute Gasteiger partial charge is 0.320 e. The zero-order valence-corrected chi connectivity index (χ0v) is 9.66. The fourth-order valence-electron chi connectivity index (χ4n) is 1.05. The Morgan fingerprint density at radius 1 is 1.53 bits per heavy atom. The highest BCUT2D eigenvalue weighted by atomic mass is 131. The van der Waals surface area contributed by atoms with Gasteiger partial charge in [-0.3, -0.25) is 4.79 Å². The number of carboxylic acid groups (broad SMARTS) is 1. The lowest BCUT2D eigenvalue weighted by atomic mass is 10.1. The molecule has 0 aliphatic rings. The van der Waals surface area contributed by atoms with Crippen molar-refractivity contribution < 1.29 is 18.7 Å². The van der Waals surface area contributed by atoms with Crippen LogP contribution in [0.1, 0.15) is 5.56 Å². The van der Waals surface area contributed by atoms with Crippen LogP contribution in [-0.2, 0) is 11.2 Å². The maximum atomic E-state index is 13.4. The number of aliphatic carboxylic acids is 1. The SMILES string of the molecule is N[C@@H](Cc1ccc(F)c([131I])c1F)C(=O)O. The minimum Gasteiger partial charge on any atom is -0.480 e. The predicted molar refractivity (Wildman–Crippen MR) is 58.4 cm³/mol. The molecule has 0 heterocycles. The van der Waals surface area contributed by atoms with Gasteiger partial charge in [-0.2, -0.15) is 0 Å². The molecular formula is C9H8F2INO2. The van der Waals surface area contributed by atoms with E-state index in [1.807, 2.05) is 0 Å². The highest BCUT2D eigenvalue weighted by molar-refractivity contribution is 14.1. The first-order valence-corrected chi connectivity index (χ1v) is 5.12. The summed E-state index contributed by atoms with van der Waals surface area (Å²) in [4.78, 5) is 10.4. The second-order valence-corrected chi connectivity index (χ2v) is 4.06. The number of hydrogen-bond donors (Lipinski definition) is 2. The maximum absolute atomic E-state index is 13.4. The molecule has 0 fully saturated rings. The Balaban J connectivity index is 2.97. The minimum absolute atomic E-state index is 0.107. The highest BCUT2D eigenvalue weighted by Gasteiger charge is 2.17. The molecule has 1 aromatic carbocycles. The second-order valence-electron chi connectivity index (χ2n) is 2.98. The highest BCUT2D eigenvalue weighted by Crippen LogP contribution is 2.19. The van der Waals surface area contributed by atoms with Crippen LogP contribution in [0.25, 0.3) is 0 Å². The molecular weight excluding hydrogens is 323 g/mol. The minimum atomic E-state index is -1.21. The zero-order chi connectivity index (χ0) is 11.6. The molecule has 0 radical (unpaired) electrons. The first-order chi connectivity index (χ1) is 6.93. The van der Waals surface area contributed by atoms with Gasteiger partial charge in [0.2, 0.25) is 0 Å². The number of benzene rings is 1. The number of halogens is 3. The van der Waals surface area contributed by atoms with Crippen LogP contribution in [0.15, 0.2) is 12.1 Å². The van der Waals surface area contributed by atoms with Crippen molar-refractivity contribution in [3.8, 4) is 0 Å². The third-order valence-corrected chi connectivity index (χ3v) is 2.86. The van der Waals surface area contributed by atoms with Gasteiger partial charge in [0, 0.05) is 6.42 Å². The van der Waals surface area contributed by atoms with Gasteiger partial charge in [-0.15, -0.1) is 0 Å². The summed E-state index contributed by atoms with van der Waals surface area (Å²) in [6.45, 7) is 0. The van der Waals surface area contributed by atoms with E-state index >= 15 is 0 Å². The molecule has 1 aromatic rings. The van der Waals surface area contributed by atoms with Crippen molar-refractivity contribution in [2.75, 3.05) is 0 Å². The molecule has 0 unspecified atom stereocenters. The predicted octanol–water partition coefficient (Wildman–Crippen LogP) is 1.52. The Labute approximate surface area is 98.4 Å². The van der Waals surface area contributed by atoms with Gasteiger partial charge >= 0.3 is 5.97 Å². The van der Waals surface area contributed by atoms with Crippen molar-refractivity contribution in [2.24, 2.45) is 5.73 Å². The average Bonchev–Trinajstić information content (AvgIpc) is 2.18. The van der Waals surface area contributed by atoms with E-state index in [4.69, 9.17) is 10.8 Å². The van der Waals surface area contributed by atoms with E-state index in [9.17, 15) is 13.6 Å². The van der Waals surface area contributed by atoms with Gasteiger partial charge in [0.1, 0.15) is 17.7 Å². The lowest BCUT2D eigenvalue weighted by Gasteiger charge is -2.08. The molecule has 3 nitrogen and oxygen atoms in total. The van der Waals surface area contributed by atoms with Gasteiger partial charge in [-0.05, 0) is 34.2 Å². The van der Waals surface area contributed by atoms with Gasteiger partial charge in [0.05, 0.1) is 3.57 Å². The van der Waals surface area contributed by atoms with Crippen LogP contribution in [0.4, 0.5) is 8.78 Å². The summed E-state index contributed by atoms with van der Waals surface area (Å²) in [6.07, 6.45) is -0.155. The van der Waals surface area contributed by atoms with E-state index in [1.54, 1.807) is 0 Å². The van der Waals surface area contributed by atoms with Crippen LogP contribution in [0.3, 0.4) is 0 Å². The number of hydrogen-bond acceptors (Lipinski definition) is 2. The maximum Gasteiger partial charge on any atom is 0.320 e. The lowest BCUT2D eigenvalue weighted by Crippen LogP contribution is -2.32. The monoisotopic (exact) mass is 331 g/mol. The van der Waals surface area contributed by atoms with Crippen molar-refractivity contribution in [3.63, 3.8) is 0 Å². The summed E-state index contributed by atoms with van der Waals surface area (Å²) in [5, 5.41) is 8.53. The van der Waals surface area contributed by atoms with Gasteiger partial charge in [0.25, 0.3) is 0 Å². The van der Waals surface area contributed by atoms with Crippen LogP contribution < -0.4 is 5.73 Å². The van der Waals surface area contributed by atoms with Crippen molar-refractivity contribution in [2.45, 2.75) is 12.5 Å². The van der Waals surface area contributed by atoms with Crippen LogP contribution in [0.2, 0.25) is 0 Å². The quantitative estimate of drug-likeness (QED) is 0.652. The molecule has 3 N–H and O–H groups in total. The standard InChI is InChI=1S/C9H8F2INO2/c10-5-2-1-4(7(11)8(5)12)3-6(13)9(14)15/h1-2,6H,3,13H2,(H,14,15)/t6-/m0/s1/i12+4. The average molecular weight is 331 g/mol. The summed E-state index contributed by atoms with van der Waals surface area (Å²) in [5.74, 6) is -2.62. The number of carbonyl (C=O) groups is 1.